The summed E-state index contributed by atoms with van der Waals surface area (Å²) in [5.74, 6) is 0. The van der Waals surface area contributed by atoms with E-state index in [1.54, 1.807) is 0 Å². The molecule has 0 aliphatic heterocycles. The molecule has 0 saturated heterocycles. The van der Waals surface area contributed by atoms with Crippen LogP contribution in [0.4, 0.5) is 0 Å². The number of para-hydroxylation sites is 2. The van der Waals surface area contributed by atoms with Gasteiger partial charge in [0.15, 0.2) is 0 Å². The fourth-order valence-corrected chi connectivity index (χ4v) is 6.12. The molecule has 0 atom stereocenters. The van der Waals surface area contributed by atoms with Crippen LogP contribution >= 0.6 is 0 Å². The minimum Gasteiger partial charge on any atom is -0.232 e. The highest BCUT2D eigenvalue weighted by atomic mass is 15.3. The van der Waals surface area contributed by atoms with Gasteiger partial charge in [0, 0.05) is 21.9 Å². The molecule has 206 valence electrons. The van der Waals surface area contributed by atoms with Crippen LogP contribution in [0.25, 0.3) is 55.7 Å². The molecule has 5 aromatic carbocycles. The van der Waals surface area contributed by atoms with Crippen molar-refractivity contribution in [3.05, 3.63) is 132 Å². The standard InChI is InChI=1S/C38H34N4/c1-3-15-29-25-36(42-34-24-14-12-22-32(34)38(40-42)28-19-9-6-10-20-28)30(16-4-2)26-35(29)41-33-23-13-11-21-31(33)37(39-41)27-17-7-5-8-18-27/h5-14,17-26H,3-4,15-16H2,1-2H3. The van der Waals surface area contributed by atoms with E-state index < -0.39 is 0 Å². The molecule has 0 unspecified atom stereocenters. The van der Waals surface area contributed by atoms with Crippen molar-refractivity contribution >= 4 is 21.8 Å². The molecule has 4 heteroatoms. The van der Waals surface area contributed by atoms with Gasteiger partial charge in [0.1, 0.15) is 11.4 Å². The van der Waals surface area contributed by atoms with Crippen molar-refractivity contribution in [2.45, 2.75) is 39.5 Å². The maximum Gasteiger partial charge on any atom is 0.101 e. The third kappa shape index (κ3) is 4.50. The van der Waals surface area contributed by atoms with Crippen molar-refractivity contribution in [3.63, 3.8) is 0 Å². The van der Waals surface area contributed by atoms with Crippen LogP contribution in [0, 0.1) is 0 Å². The van der Waals surface area contributed by atoms with Crippen LogP contribution in [-0.4, -0.2) is 19.6 Å². The predicted molar refractivity (Wildman–Crippen MR) is 175 cm³/mol. The lowest BCUT2D eigenvalue weighted by molar-refractivity contribution is 0.825. The highest BCUT2D eigenvalue weighted by Crippen LogP contribution is 2.35. The number of rotatable bonds is 8. The summed E-state index contributed by atoms with van der Waals surface area (Å²) >= 11 is 0. The Hall–Kier alpha value is -4.96. The monoisotopic (exact) mass is 546 g/mol. The molecule has 7 rings (SSSR count). The first-order valence-electron chi connectivity index (χ1n) is 15.0. The fourth-order valence-electron chi connectivity index (χ4n) is 6.12. The minimum absolute atomic E-state index is 0.953. The Bertz CT molecular complexity index is 1850. The topological polar surface area (TPSA) is 35.6 Å². The van der Waals surface area contributed by atoms with E-state index in [-0.39, 0.29) is 0 Å². The summed E-state index contributed by atoms with van der Waals surface area (Å²) in [5.41, 5.74) is 11.4. The molecular weight excluding hydrogens is 512 g/mol. The average molecular weight is 547 g/mol. The van der Waals surface area contributed by atoms with Crippen LogP contribution in [0.2, 0.25) is 0 Å². The zero-order valence-corrected chi connectivity index (χ0v) is 24.2. The summed E-state index contributed by atoms with van der Waals surface area (Å²) in [7, 11) is 0. The van der Waals surface area contributed by atoms with E-state index in [1.807, 2.05) is 0 Å². The molecule has 42 heavy (non-hydrogen) atoms. The number of aryl methyl sites for hydroxylation is 2. The van der Waals surface area contributed by atoms with Crippen LogP contribution in [0.5, 0.6) is 0 Å². The van der Waals surface area contributed by atoms with Gasteiger partial charge >= 0.3 is 0 Å². The molecule has 4 nitrogen and oxygen atoms in total. The van der Waals surface area contributed by atoms with Crippen LogP contribution in [-0.2, 0) is 12.8 Å². The van der Waals surface area contributed by atoms with Crippen molar-refractivity contribution < 1.29 is 0 Å². The molecule has 0 radical (unpaired) electrons. The molecular formula is C38H34N4. The van der Waals surface area contributed by atoms with Gasteiger partial charge in [-0.3, -0.25) is 0 Å². The van der Waals surface area contributed by atoms with Gasteiger partial charge in [-0.2, -0.15) is 10.2 Å². The Morgan fingerprint density at radius 2 is 0.857 bits per heavy atom. The zero-order valence-electron chi connectivity index (χ0n) is 24.2. The van der Waals surface area contributed by atoms with Crippen LogP contribution in [0.3, 0.4) is 0 Å². The second-order valence-electron chi connectivity index (χ2n) is 10.9. The van der Waals surface area contributed by atoms with Crippen LogP contribution in [0.15, 0.2) is 121 Å². The smallest absolute Gasteiger partial charge is 0.101 e. The van der Waals surface area contributed by atoms with Crippen LogP contribution < -0.4 is 0 Å². The summed E-state index contributed by atoms with van der Waals surface area (Å²) in [6.45, 7) is 4.49. The van der Waals surface area contributed by atoms with Gasteiger partial charge in [-0.05, 0) is 48.2 Å². The number of fused-ring (bicyclic) bond motifs is 2. The molecule has 0 N–H and O–H groups in total. The second kappa shape index (κ2) is 11.1. The van der Waals surface area contributed by atoms with Crippen LogP contribution in [0.1, 0.15) is 37.8 Å². The minimum atomic E-state index is 0.953. The number of aromatic nitrogens is 4. The van der Waals surface area contributed by atoms with E-state index in [4.69, 9.17) is 10.2 Å². The number of benzene rings is 5. The molecule has 0 saturated carbocycles. The Labute approximate surface area is 246 Å². The molecule has 0 aliphatic rings. The Morgan fingerprint density at radius 3 is 1.26 bits per heavy atom. The maximum absolute atomic E-state index is 5.26. The first-order valence-corrected chi connectivity index (χ1v) is 15.0. The SMILES string of the molecule is CCCc1cc(-n2nc(-c3ccccc3)c3ccccc32)c(CCC)cc1-n1nc(-c2ccccc2)c2ccccc21. The zero-order chi connectivity index (χ0) is 28.5. The van der Waals surface area contributed by atoms with Crippen molar-refractivity contribution in [2.75, 3.05) is 0 Å². The third-order valence-electron chi connectivity index (χ3n) is 8.04. The highest BCUT2D eigenvalue weighted by molar-refractivity contribution is 5.95. The predicted octanol–water partition coefficient (Wildman–Crippen LogP) is 9.60. The normalized spacial score (nSPS) is 11.5. The van der Waals surface area contributed by atoms with E-state index in [9.17, 15) is 0 Å². The summed E-state index contributed by atoms with van der Waals surface area (Å²) in [6, 6.07) is 42.9. The van der Waals surface area contributed by atoms with E-state index in [1.165, 1.54) is 11.1 Å². The molecule has 2 aromatic heterocycles. The molecule has 0 aliphatic carbocycles. The van der Waals surface area contributed by atoms with E-state index in [0.29, 0.717) is 0 Å². The molecule has 2 heterocycles. The maximum atomic E-state index is 5.26. The van der Waals surface area contributed by atoms with Crippen molar-refractivity contribution in [1.82, 2.24) is 19.6 Å². The number of hydrogen-bond donors (Lipinski definition) is 0. The van der Waals surface area contributed by atoms with Gasteiger partial charge in [-0.25, -0.2) is 9.36 Å². The van der Waals surface area contributed by atoms with Gasteiger partial charge in [-0.15, -0.1) is 0 Å². The lowest BCUT2D eigenvalue weighted by Crippen LogP contribution is -2.08. The molecule has 0 spiro atoms. The molecule has 0 bridgehead atoms. The van der Waals surface area contributed by atoms with E-state index in [0.717, 1.165) is 81.4 Å². The van der Waals surface area contributed by atoms with E-state index in [2.05, 4.69) is 145 Å². The largest absolute Gasteiger partial charge is 0.232 e. The average Bonchev–Trinajstić information content (AvgIpc) is 3.62. The third-order valence-corrected chi connectivity index (χ3v) is 8.04. The summed E-state index contributed by atoms with van der Waals surface area (Å²) in [6.07, 6.45) is 3.99. The summed E-state index contributed by atoms with van der Waals surface area (Å²) in [5, 5.41) is 12.9. The van der Waals surface area contributed by atoms with Crippen molar-refractivity contribution in [1.29, 1.82) is 0 Å². The van der Waals surface area contributed by atoms with Gasteiger partial charge in [0.25, 0.3) is 0 Å². The lowest BCUT2D eigenvalue weighted by Gasteiger charge is -2.18. The fraction of sp³-hybridized carbons (Fsp3) is 0.158. The summed E-state index contributed by atoms with van der Waals surface area (Å²) < 4.78 is 4.34. The summed E-state index contributed by atoms with van der Waals surface area (Å²) in [4.78, 5) is 0. The molecule has 0 amide bonds. The van der Waals surface area contributed by atoms with Gasteiger partial charge < -0.3 is 0 Å². The van der Waals surface area contributed by atoms with Gasteiger partial charge in [0.05, 0.1) is 22.4 Å². The van der Waals surface area contributed by atoms with Gasteiger partial charge in [0.2, 0.25) is 0 Å². The Morgan fingerprint density at radius 1 is 0.476 bits per heavy atom. The first-order chi connectivity index (χ1) is 20.8. The Balaban J connectivity index is 1.47. The molecule has 0 fully saturated rings. The number of nitrogens with zero attached hydrogens (tertiary/aromatic N) is 4. The number of hydrogen-bond acceptors (Lipinski definition) is 2. The van der Waals surface area contributed by atoms with E-state index >= 15 is 0 Å². The highest BCUT2D eigenvalue weighted by Gasteiger charge is 2.20. The molecule has 7 aromatic rings. The van der Waals surface area contributed by atoms with Gasteiger partial charge in [-0.1, -0.05) is 124 Å². The lowest BCUT2D eigenvalue weighted by atomic mass is 9.99. The van der Waals surface area contributed by atoms with Crippen molar-refractivity contribution in [3.8, 4) is 33.9 Å². The second-order valence-corrected chi connectivity index (χ2v) is 10.9. The quantitative estimate of drug-likeness (QED) is 0.190. The Kier molecular flexibility index (Phi) is 6.89. The van der Waals surface area contributed by atoms with Crippen molar-refractivity contribution in [2.24, 2.45) is 0 Å². The first kappa shape index (κ1) is 26.0.